The van der Waals surface area contributed by atoms with Crippen molar-refractivity contribution in [2.24, 2.45) is 13.0 Å². The van der Waals surface area contributed by atoms with E-state index in [4.69, 9.17) is 0 Å². The number of rotatable bonds is 12. The van der Waals surface area contributed by atoms with Gasteiger partial charge in [-0.25, -0.2) is 0 Å². The number of unbranched alkanes of at least 4 members (excludes halogenated alkanes) is 1. The minimum Gasteiger partial charge on any atom is -0.406 e. The number of aryl methyl sites for hydroxylation is 1. The molecule has 1 aliphatic rings. The van der Waals surface area contributed by atoms with E-state index in [-0.39, 0.29) is 30.0 Å². The number of aldehydes is 1. The predicted molar refractivity (Wildman–Crippen MR) is 157 cm³/mol. The fourth-order valence-electron chi connectivity index (χ4n) is 6.22. The highest BCUT2D eigenvalue weighted by atomic mass is 19.4. The number of anilines is 2. The van der Waals surface area contributed by atoms with E-state index in [0.29, 0.717) is 30.7 Å². The Bertz CT molecular complexity index is 1520. The molecule has 0 aliphatic carbocycles. The molecule has 0 saturated heterocycles. The highest BCUT2D eigenvalue weighted by Gasteiger charge is 2.42. The summed E-state index contributed by atoms with van der Waals surface area (Å²) in [6, 6.07) is 3.12. The minimum absolute atomic E-state index is 0.0133. The summed E-state index contributed by atoms with van der Waals surface area (Å²) in [4.78, 5) is 16.5. The molecule has 0 fully saturated rings. The average molecular weight is 695 g/mol. The van der Waals surface area contributed by atoms with E-state index in [1.807, 2.05) is 25.7 Å². The van der Waals surface area contributed by atoms with E-state index < -0.39 is 65.7 Å². The van der Waals surface area contributed by atoms with Crippen molar-refractivity contribution in [3.8, 4) is 5.75 Å². The zero-order valence-corrected chi connectivity index (χ0v) is 26.5. The molecule has 1 aliphatic heterocycles. The number of tetrazole rings is 1. The largest absolute Gasteiger partial charge is 0.573 e. The number of hydrogen-bond acceptors (Lipinski definition) is 7. The van der Waals surface area contributed by atoms with Gasteiger partial charge in [-0.3, -0.25) is 0 Å². The summed E-state index contributed by atoms with van der Waals surface area (Å²) in [5, 5.41) is 11.9. The van der Waals surface area contributed by atoms with Crippen LogP contribution in [0.5, 0.6) is 5.75 Å². The Hall–Kier alpha value is -4.05. The van der Waals surface area contributed by atoms with Gasteiger partial charge in [-0.2, -0.15) is 31.1 Å². The molecule has 8 nitrogen and oxygen atoms in total. The average Bonchev–Trinajstić information content (AvgIpc) is 3.43. The van der Waals surface area contributed by atoms with Crippen molar-refractivity contribution in [1.82, 2.24) is 20.2 Å². The Kier molecular flexibility index (Phi) is 10.9. The molecule has 2 aromatic carbocycles. The third kappa shape index (κ3) is 8.50. The summed E-state index contributed by atoms with van der Waals surface area (Å²) in [6.45, 7) is 5.09. The normalized spacial score (nSPS) is 18.3. The predicted octanol–water partition coefficient (Wildman–Crippen LogP) is 8.28. The first-order chi connectivity index (χ1) is 22.4. The summed E-state index contributed by atoms with van der Waals surface area (Å²) in [7, 11) is 1.40. The zero-order chi connectivity index (χ0) is 35.6. The fourth-order valence-corrected chi connectivity index (χ4v) is 6.22. The van der Waals surface area contributed by atoms with Crippen molar-refractivity contribution in [3.05, 3.63) is 58.7 Å². The number of benzene rings is 2. The van der Waals surface area contributed by atoms with Crippen LogP contribution in [0.25, 0.3) is 0 Å². The van der Waals surface area contributed by atoms with Crippen LogP contribution in [0.3, 0.4) is 0 Å². The Balaban J connectivity index is 1.92. The van der Waals surface area contributed by atoms with E-state index in [9.17, 15) is 44.3 Å². The van der Waals surface area contributed by atoms with Crippen LogP contribution in [0.4, 0.5) is 51.1 Å². The van der Waals surface area contributed by atoms with Crippen molar-refractivity contribution < 1.29 is 49.0 Å². The maximum Gasteiger partial charge on any atom is 0.573 e. The molecule has 1 aromatic heterocycles. The zero-order valence-electron chi connectivity index (χ0n) is 26.5. The molecule has 0 bridgehead atoms. The number of fused-ring (bicyclic) bond motifs is 1. The molecule has 0 saturated carbocycles. The highest BCUT2D eigenvalue weighted by Crippen LogP contribution is 2.47. The number of carbonyl (C=O) groups is 1. The second-order valence-corrected chi connectivity index (χ2v) is 11.8. The van der Waals surface area contributed by atoms with Crippen molar-refractivity contribution in [1.29, 1.82) is 0 Å². The third-order valence-corrected chi connectivity index (χ3v) is 8.49. The van der Waals surface area contributed by atoms with Crippen molar-refractivity contribution in [2.45, 2.75) is 96.3 Å². The van der Waals surface area contributed by atoms with E-state index in [2.05, 4.69) is 20.1 Å². The van der Waals surface area contributed by atoms with Gasteiger partial charge in [-0.15, -0.1) is 18.3 Å². The molecule has 4 atom stereocenters. The number of ether oxygens (including phenoxy) is 1. The molecule has 0 N–H and O–H groups in total. The molecule has 17 heteroatoms. The van der Waals surface area contributed by atoms with Gasteiger partial charge < -0.3 is 19.3 Å². The molecule has 264 valence electrons. The Morgan fingerprint density at radius 3 is 2.15 bits per heavy atom. The maximum absolute atomic E-state index is 13.8. The third-order valence-electron chi connectivity index (χ3n) is 8.49. The van der Waals surface area contributed by atoms with E-state index in [1.54, 1.807) is 0 Å². The van der Waals surface area contributed by atoms with Gasteiger partial charge in [0, 0.05) is 35.8 Å². The smallest absolute Gasteiger partial charge is 0.406 e. The lowest BCUT2D eigenvalue weighted by Crippen LogP contribution is -2.51. The summed E-state index contributed by atoms with van der Waals surface area (Å²) in [5.74, 6) is -1.19. The SMILES string of the molecule is CCCC[C@@H](C=O)C(C)N1c2ccc(OC(F)(F)F)cc2C(N(Cc2cc(C(F)(F)F)cc(C(F)(F)F)c2)c2nnn(C)n2)CC1CC. The quantitative estimate of drug-likeness (QED) is 0.140. The molecule has 3 unspecified atom stereocenters. The van der Waals surface area contributed by atoms with Gasteiger partial charge in [0.05, 0.1) is 24.2 Å². The highest BCUT2D eigenvalue weighted by molar-refractivity contribution is 5.65. The monoisotopic (exact) mass is 694 g/mol. The van der Waals surface area contributed by atoms with Crippen LogP contribution in [-0.2, 0) is 30.7 Å². The van der Waals surface area contributed by atoms with Gasteiger partial charge in [-0.05, 0) is 73.4 Å². The van der Waals surface area contributed by atoms with Crippen molar-refractivity contribution in [3.63, 3.8) is 0 Å². The van der Waals surface area contributed by atoms with Crippen LogP contribution in [0.2, 0.25) is 0 Å². The van der Waals surface area contributed by atoms with Crippen molar-refractivity contribution >= 4 is 17.9 Å². The second kappa shape index (κ2) is 14.2. The molecule has 3 aromatic rings. The Labute approximate surface area is 270 Å². The van der Waals surface area contributed by atoms with E-state index >= 15 is 0 Å². The lowest BCUT2D eigenvalue weighted by atomic mass is 9.84. The topological polar surface area (TPSA) is 76.4 Å². The van der Waals surface area contributed by atoms with Gasteiger partial charge >= 0.3 is 18.7 Å². The van der Waals surface area contributed by atoms with Crippen LogP contribution in [0, 0.1) is 5.92 Å². The van der Waals surface area contributed by atoms with E-state index in [0.717, 1.165) is 36.1 Å². The van der Waals surface area contributed by atoms with Gasteiger partial charge in [0.1, 0.15) is 12.0 Å². The van der Waals surface area contributed by atoms with Crippen LogP contribution < -0.4 is 14.5 Å². The molecule has 2 heterocycles. The summed E-state index contributed by atoms with van der Waals surface area (Å²) in [6.07, 6.45) is -11.7. The molecule has 0 radical (unpaired) electrons. The lowest BCUT2D eigenvalue weighted by molar-refractivity contribution is -0.274. The molecular weight excluding hydrogens is 659 g/mol. The minimum atomic E-state index is -5.11. The van der Waals surface area contributed by atoms with Crippen molar-refractivity contribution in [2.75, 3.05) is 9.80 Å². The molecule has 48 heavy (non-hydrogen) atoms. The number of halogens is 9. The Morgan fingerprint density at radius 1 is 1.00 bits per heavy atom. The van der Waals surface area contributed by atoms with Crippen LogP contribution in [-0.4, -0.2) is 44.9 Å². The fraction of sp³-hybridized carbons (Fsp3) is 0.548. The molecule has 0 spiro atoms. The standard InChI is InChI=1S/C31H35F9N6O2/c1-5-7-8-20(17-47)18(3)46-23(6-2)14-27(25-15-24(9-10-26(25)46)48-31(38,39)40)45(28-41-43-44(4)42-28)16-19-11-21(29(32,33)34)13-22(12-19)30(35,36)37/h9-13,15,17-18,20,23,27H,5-8,14,16H2,1-4H3/t18?,20-,23?,27?/m0/s1. The Morgan fingerprint density at radius 2 is 1.65 bits per heavy atom. The van der Waals surface area contributed by atoms with Crippen LogP contribution in [0.15, 0.2) is 36.4 Å². The van der Waals surface area contributed by atoms with Crippen LogP contribution in [0.1, 0.15) is 81.2 Å². The summed E-state index contributed by atoms with van der Waals surface area (Å²) in [5.41, 5.74) is -2.79. The molecule has 4 rings (SSSR count). The van der Waals surface area contributed by atoms with Gasteiger partial charge in [0.25, 0.3) is 5.95 Å². The number of alkyl halides is 9. The first kappa shape index (κ1) is 36.8. The maximum atomic E-state index is 13.8. The van der Waals surface area contributed by atoms with Crippen LogP contribution >= 0.6 is 0 Å². The summed E-state index contributed by atoms with van der Waals surface area (Å²) < 4.78 is 127. The number of hydrogen-bond donors (Lipinski definition) is 0. The number of carbonyl (C=O) groups excluding carboxylic acids is 1. The molecular formula is C31H35F9N6O2. The van der Waals surface area contributed by atoms with Gasteiger partial charge in [0.15, 0.2) is 0 Å². The van der Waals surface area contributed by atoms with Gasteiger partial charge in [0.2, 0.25) is 0 Å². The first-order valence-electron chi connectivity index (χ1n) is 15.3. The lowest BCUT2D eigenvalue weighted by Gasteiger charge is -2.49. The van der Waals surface area contributed by atoms with E-state index in [1.165, 1.54) is 18.0 Å². The molecule has 0 amide bonds. The number of aromatic nitrogens is 4. The second-order valence-electron chi connectivity index (χ2n) is 11.8. The first-order valence-corrected chi connectivity index (χ1v) is 15.3. The number of nitrogens with zero attached hydrogens (tertiary/aromatic N) is 6. The van der Waals surface area contributed by atoms with Gasteiger partial charge in [-0.1, -0.05) is 31.8 Å². The summed E-state index contributed by atoms with van der Waals surface area (Å²) >= 11 is 0.